The Hall–Kier alpha value is -2.60. The first-order valence-electron chi connectivity index (χ1n) is 8.28. The van der Waals surface area contributed by atoms with Crippen molar-refractivity contribution in [2.45, 2.75) is 37.6 Å². The number of nitriles is 1. The summed E-state index contributed by atoms with van der Waals surface area (Å²) in [5.41, 5.74) is 1.67. The summed E-state index contributed by atoms with van der Waals surface area (Å²) in [7, 11) is 0. The summed E-state index contributed by atoms with van der Waals surface area (Å²) in [4.78, 5) is 14.2. The first-order valence-corrected chi connectivity index (χ1v) is 8.28. The van der Waals surface area contributed by atoms with Crippen molar-refractivity contribution in [2.24, 2.45) is 0 Å². The first kappa shape index (κ1) is 16.3. The molecule has 0 aromatic heterocycles. The molecule has 0 aliphatic carbocycles. The average molecular weight is 318 g/mol. The van der Waals surface area contributed by atoms with Crippen molar-refractivity contribution in [3.05, 3.63) is 71.8 Å². The fourth-order valence-electron chi connectivity index (χ4n) is 4.15. The number of nitrogens with zero attached hydrogens (tertiary/aromatic N) is 2. The van der Waals surface area contributed by atoms with Crippen molar-refractivity contribution in [2.75, 3.05) is 6.54 Å². The van der Waals surface area contributed by atoms with Gasteiger partial charge in [0.2, 0.25) is 5.91 Å². The molecule has 1 aliphatic heterocycles. The second-order valence-electron chi connectivity index (χ2n) is 6.93. The summed E-state index contributed by atoms with van der Waals surface area (Å²) in [5.74, 6) is 0.0292. The van der Waals surface area contributed by atoms with Gasteiger partial charge in [-0.1, -0.05) is 60.7 Å². The molecule has 3 rings (SSSR count). The van der Waals surface area contributed by atoms with Gasteiger partial charge in [0, 0.05) is 18.9 Å². The third-order valence-electron chi connectivity index (χ3n) is 5.26. The van der Waals surface area contributed by atoms with Gasteiger partial charge in [-0.2, -0.15) is 5.26 Å². The zero-order valence-corrected chi connectivity index (χ0v) is 14.2. The molecule has 2 aromatic carbocycles. The third-order valence-corrected chi connectivity index (χ3v) is 5.26. The second-order valence-corrected chi connectivity index (χ2v) is 6.93. The molecule has 0 spiro atoms. The number of likely N-dealkylation sites (tertiary alicyclic amines) is 1. The quantitative estimate of drug-likeness (QED) is 0.861. The topological polar surface area (TPSA) is 44.1 Å². The summed E-state index contributed by atoms with van der Waals surface area (Å²) >= 11 is 0. The summed E-state index contributed by atoms with van der Waals surface area (Å²) in [6, 6.07) is 23.0. The zero-order chi connectivity index (χ0) is 17.2. The molecule has 1 aliphatic rings. The first-order chi connectivity index (χ1) is 11.5. The van der Waals surface area contributed by atoms with Crippen molar-refractivity contribution in [3.8, 4) is 6.07 Å². The Bertz CT molecular complexity index is 724. The van der Waals surface area contributed by atoms with Crippen molar-refractivity contribution < 1.29 is 4.79 Å². The Morgan fingerprint density at radius 3 is 2.00 bits per heavy atom. The van der Waals surface area contributed by atoms with E-state index < -0.39 is 5.54 Å². The van der Waals surface area contributed by atoms with Gasteiger partial charge >= 0.3 is 0 Å². The minimum absolute atomic E-state index is 0.0292. The predicted octanol–water partition coefficient (Wildman–Crippen LogP) is 3.90. The maximum Gasteiger partial charge on any atom is 0.219 e. The van der Waals surface area contributed by atoms with Gasteiger partial charge in [0.05, 0.1) is 18.0 Å². The van der Waals surface area contributed by atoms with E-state index in [0.717, 1.165) is 6.42 Å². The summed E-state index contributed by atoms with van der Waals surface area (Å²) in [6.45, 7) is 4.24. The lowest BCUT2D eigenvalue weighted by Gasteiger charge is -2.32. The van der Waals surface area contributed by atoms with Gasteiger partial charge in [0.1, 0.15) is 0 Å². The van der Waals surface area contributed by atoms with Crippen molar-refractivity contribution in [3.63, 3.8) is 0 Å². The van der Waals surface area contributed by atoms with E-state index in [4.69, 9.17) is 0 Å². The molecule has 1 atom stereocenters. The molecule has 24 heavy (non-hydrogen) atoms. The van der Waals surface area contributed by atoms with E-state index in [9.17, 15) is 10.1 Å². The number of hydrogen-bond donors (Lipinski definition) is 0. The number of amides is 1. The molecule has 1 amide bonds. The Balaban J connectivity index is 2.18. The van der Waals surface area contributed by atoms with Gasteiger partial charge in [0.15, 0.2) is 0 Å². The van der Waals surface area contributed by atoms with Gasteiger partial charge in [-0.05, 0) is 24.5 Å². The van der Waals surface area contributed by atoms with E-state index >= 15 is 0 Å². The normalized spacial score (nSPS) is 22.1. The highest BCUT2D eigenvalue weighted by Crippen LogP contribution is 2.49. The fourth-order valence-corrected chi connectivity index (χ4v) is 4.15. The minimum Gasteiger partial charge on any atom is -0.335 e. The van der Waals surface area contributed by atoms with E-state index in [0.29, 0.717) is 13.0 Å². The van der Waals surface area contributed by atoms with Crippen LogP contribution in [0.25, 0.3) is 0 Å². The van der Waals surface area contributed by atoms with Crippen molar-refractivity contribution in [1.29, 1.82) is 5.26 Å². The standard InChI is InChI=1S/C21H22N2O/c1-17(24)23-16-21(15-20(23,2)13-14-22,18-9-5-3-6-10-18)19-11-7-4-8-12-19/h3-12H,13,15-16H2,1-2H3. The van der Waals surface area contributed by atoms with Gasteiger partial charge in [-0.25, -0.2) is 0 Å². The van der Waals surface area contributed by atoms with E-state index in [1.165, 1.54) is 11.1 Å². The van der Waals surface area contributed by atoms with Gasteiger partial charge in [-0.15, -0.1) is 0 Å². The minimum atomic E-state index is -0.452. The molecule has 3 nitrogen and oxygen atoms in total. The van der Waals surface area contributed by atoms with Crippen LogP contribution in [0.5, 0.6) is 0 Å². The zero-order valence-electron chi connectivity index (χ0n) is 14.2. The molecule has 0 N–H and O–H groups in total. The molecule has 1 saturated heterocycles. The molecule has 2 aromatic rings. The Morgan fingerprint density at radius 1 is 1.08 bits per heavy atom. The monoisotopic (exact) mass is 318 g/mol. The van der Waals surface area contributed by atoms with Crippen LogP contribution in [-0.2, 0) is 10.2 Å². The van der Waals surface area contributed by atoms with Gasteiger partial charge in [-0.3, -0.25) is 4.79 Å². The highest BCUT2D eigenvalue weighted by molar-refractivity contribution is 5.75. The van der Waals surface area contributed by atoms with Crippen molar-refractivity contribution in [1.82, 2.24) is 4.90 Å². The smallest absolute Gasteiger partial charge is 0.219 e. The molecular formula is C21H22N2O. The largest absolute Gasteiger partial charge is 0.335 e. The lowest BCUT2D eigenvalue weighted by molar-refractivity contribution is -0.132. The van der Waals surface area contributed by atoms with E-state index in [1.54, 1.807) is 6.92 Å². The van der Waals surface area contributed by atoms with E-state index in [-0.39, 0.29) is 11.3 Å². The predicted molar refractivity (Wildman–Crippen MR) is 94.3 cm³/mol. The maximum absolute atomic E-state index is 12.3. The molecule has 0 radical (unpaired) electrons. The van der Waals surface area contributed by atoms with Crippen molar-refractivity contribution >= 4 is 5.91 Å². The van der Waals surface area contributed by atoms with E-state index in [1.807, 2.05) is 48.2 Å². The number of carbonyl (C=O) groups is 1. The van der Waals surface area contributed by atoms with Crippen LogP contribution < -0.4 is 0 Å². The summed E-state index contributed by atoms with van der Waals surface area (Å²) in [6.07, 6.45) is 1.09. The molecule has 122 valence electrons. The van der Waals surface area contributed by atoms with Crippen LogP contribution in [0, 0.1) is 11.3 Å². The summed E-state index contributed by atoms with van der Waals surface area (Å²) in [5, 5.41) is 9.31. The molecule has 1 fully saturated rings. The van der Waals surface area contributed by atoms with E-state index in [2.05, 4.69) is 30.3 Å². The van der Waals surface area contributed by atoms with Gasteiger partial charge < -0.3 is 4.90 Å². The van der Waals surface area contributed by atoms with Crippen LogP contribution in [0.2, 0.25) is 0 Å². The van der Waals surface area contributed by atoms with Crippen LogP contribution in [0.3, 0.4) is 0 Å². The van der Waals surface area contributed by atoms with Crippen LogP contribution in [0.1, 0.15) is 37.8 Å². The summed E-state index contributed by atoms with van der Waals surface area (Å²) < 4.78 is 0. The SMILES string of the molecule is CC(=O)N1CC(c2ccccc2)(c2ccccc2)CC1(C)CC#N. The second kappa shape index (κ2) is 6.13. The highest BCUT2D eigenvalue weighted by Gasteiger charge is 2.53. The lowest BCUT2D eigenvalue weighted by Crippen LogP contribution is -2.43. The van der Waals surface area contributed by atoms with Crippen LogP contribution >= 0.6 is 0 Å². The number of benzene rings is 2. The number of carbonyl (C=O) groups excluding carboxylic acids is 1. The Kier molecular flexibility index (Phi) is 4.15. The molecular weight excluding hydrogens is 296 g/mol. The van der Waals surface area contributed by atoms with Gasteiger partial charge in [0.25, 0.3) is 0 Å². The molecule has 1 unspecified atom stereocenters. The average Bonchev–Trinajstić information content (AvgIpc) is 2.92. The highest BCUT2D eigenvalue weighted by atomic mass is 16.2. The lowest BCUT2D eigenvalue weighted by atomic mass is 9.70. The molecule has 3 heteroatoms. The Morgan fingerprint density at radius 2 is 1.58 bits per heavy atom. The Labute approximate surface area is 143 Å². The van der Waals surface area contributed by atoms with Crippen LogP contribution in [-0.4, -0.2) is 22.9 Å². The number of rotatable bonds is 3. The fraction of sp³-hybridized carbons (Fsp3) is 0.333. The molecule has 0 saturated carbocycles. The number of hydrogen-bond acceptors (Lipinski definition) is 2. The third kappa shape index (κ3) is 2.59. The molecule has 1 heterocycles. The van der Waals surface area contributed by atoms with Crippen LogP contribution in [0.15, 0.2) is 60.7 Å². The molecule has 0 bridgehead atoms. The maximum atomic E-state index is 12.3. The van der Waals surface area contributed by atoms with Crippen LogP contribution in [0.4, 0.5) is 0 Å².